The summed E-state index contributed by atoms with van der Waals surface area (Å²) in [5.41, 5.74) is 0.896. The van der Waals surface area contributed by atoms with Gasteiger partial charge >= 0.3 is 11.9 Å². The van der Waals surface area contributed by atoms with Crippen molar-refractivity contribution in [1.82, 2.24) is 5.32 Å². The molecule has 1 fully saturated rings. The molecule has 1 aromatic rings. The van der Waals surface area contributed by atoms with Gasteiger partial charge in [-0.2, -0.15) is 5.10 Å². The van der Waals surface area contributed by atoms with Crippen LogP contribution in [0.2, 0.25) is 0 Å². The van der Waals surface area contributed by atoms with Crippen molar-refractivity contribution in [2.45, 2.75) is 6.92 Å². The first kappa shape index (κ1) is 18.4. The van der Waals surface area contributed by atoms with Crippen molar-refractivity contribution in [3.63, 3.8) is 0 Å². The zero-order valence-electron chi connectivity index (χ0n) is 13.5. The number of ether oxygens (including phenoxy) is 2. The molecule has 1 amide bonds. The summed E-state index contributed by atoms with van der Waals surface area (Å²) in [5.74, 6) is -1.55. The van der Waals surface area contributed by atoms with Gasteiger partial charge in [0, 0.05) is 11.6 Å². The first-order valence-electron chi connectivity index (χ1n) is 7.21. The van der Waals surface area contributed by atoms with Gasteiger partial charge < -0.3 is 9.47 Å². The highest BCUT2D eigenvalue weighted by molar-refractivity contribution is 8.18. The predicted molar refractivity (Wildman–Crippen MR) is 93.3 cm³/mol. The third-order valence-corrected chi connectivity index (χ3v) is 3.80. The second kappa shape index (κ2) is 8.78. The van der Waals surface area contributed by atoms with E-state index in [1.54, 1.807) is 31.2 Å². The minimum atomic E-state index is -0.634. The van der Waals surface area contributed by atoms with Gasteiger partial charge in [0.1, 0.15) is 0 Å². The summed E-state index contributed by atoms with van der Waals surface area (Å²) in [5, 5.41) is 10.4. The maximum atomic E-state index is 11.9. The van der Waals surface area contributed by atoms with E-state index < -0.39 is 17.8 Å². The number of carbonyl (C=O) groups excluding carboxylic acids is 3. The summed E-state index contributed by atoms with van der Waals surface area (Å²) in [6, 6.07) is 6.78. The van der Waals surface area contributed by atoms with Gasteiger partial charge in [0.05, 0.1) is 30.4 Å². The fraction of sp³-hybridized carbons (Fsp3) is 0.188. The van der Waals surface area contributed by atoms with Crippen LogP contribution in [0.5, 0.6) is 0 Å². The molecule has 1 heterocycles. The lowest BCUT2D eigenvalue weighted by molar-refractivity contribution is -0.135. The van der Waals surface area contributed by atoms with Crippen LogP contribution in [0.4, 0.5) is 0 Å². The summed E-state index contributed by atoms with van der Waals surface area (Å²) < 4.78 is 9.44. The van der Waals surface area contributed by atoms with Crippen molar-refractivity contribution in [1.29, 1.82) is 0 Å². The molecule has 0 saturated carbocycles. The standard InChI is InChI=1S/C16H15N3O5S/c1-3-24-15(22)11-7-5-4-6-10(11)9-17-19-16-18-14(21)12(25-16)8-13(20)23-2/h4-9H,3H2,1-2H3,(H,18,19,21)/b12-8+,17-9?. The fourth-order valence-electron chi connectivity index (χ4n) is 1.79. The molecule has 9 heteroatoms. The van der Waals surface area contributed by atoms with Crippen LogP contribution in [-0.4, -0.2) is 42.9 Å². The zero-order chi connectivity index (χ0) is 18.2. The third-order valence-electron chi connectivity index (χ3n) is 2.90. The van der Waals surface area contributed by atoms with E-state index in [0.29, 0.717) is 11.1 Å². The fourth-order valence-corrected chi connectivity index (χ4v) is 2.53. The SMILES string of the molecule is CCOC(=O)c1ccccc1C=N/N=C1/NC(=O)/C(=C\C(=O)OC)S1. The molecule has 0 spiro atoms. The topological polar surface area (TPSA) is 106 Å². The molecular weight excluding hydrogens is 346 g/mol. The van der Waals surface area contributed by atoms with Crippen LogP contribution < -0.4 is 5.32 Å². The van der Waals surface area contributed by atoms with Crippen molar-refractivity contribution >= 4 is 41.0 Å². The maximum absolute atomic E-state index is 11.9. The Hall–Kier alpha value is -2.94. The first-order valence-corrected chi connectivity index (χ1v) is 8.02. The molecule has 0 bridgehead atoms. The Morgan fingerprint density at radius 1 is 1.32 bits per heavy atom. The molecule has 25 heavy (non-hydrogen) atoms. The Bertz CT molecular complexity index is 786. The number of benzene rings is 1. The molecule has 2 rings (SSSR count). The van der Waals surface area contributed by atoms with E-state index in [0.717, 1.165) is 17.8 Å². The average molecular weight is 361 g/mol. The number of esters is 2. The normalized spacial score (nSPS) is 17.1. The van der Waals surface area contributed by atoms with Gasteiger partial charge in [-0.1, -0.05) is 18.2 Å². The van der Waals surface area contributed by atoms with Crippen LogP contribution in [0.15, 0.2) is 45.4 Å². The van der Waals surface area contributed by atoms with Crippen LogP contribution in [0.3, 0.4) is 0 Å². The summed E-state index contributed by atoms with van der Waals surface area (Å²) in [4.78, 5) is 34.9. The van der Waals surface area contributed by atoms with Gasteiger partial charge in [-0.25, -0.2) is 9.59 Å². The largest absolute Gasteiger partial charge is 0.466 e. The lowest BCUT2D eigenvalue weighted by Crippen LogP contribution is -2.19. The van der Waals surface area contributed by atoms with E-state index in [2.05, 4.69) is 20.3 Å². The van der Waals surface area contributed by atoms with Crippen molar-refractivity contribution < 1.29 is 23.9 Å². The van der Waals surface area contributed by atoms with E-state index in [-0.39, 0.29) is 16.7 Å². The predicted octanol–water partition coefficient (Wildman–Crippen LogP) is 1.47. The number of thioether (sulfide) groups is 1. The van der Waals surface area contributed by atoms with Crippen molar-refractivity contribution in [2.75, 3.05) is 13.7 Å². The van der Waals surface area contributed by atoms with E-state index in [4.69, 9.17) is 4.74 Å². The molecule has 1 aliphatic heterocycles. The van der Waals surface area contributed by atoms with Gasteiger partial charge in [-0.15, -0.1) is 5.10 Å². The number of amides is 1. The number of nitrogens with one attached hydrogen (secondary N) is 1. The molecular formula is C16H15N3O5S. The summed E-state index contributed by atoms with van der Waals surface area (Å²) in [6.45, 7) is 1.99. The number of methoxy groups -OCH3 is 1. The molecule has 1 N–H and O–H groups in total. The molecule has 1 aromatic carbocycles. The van der Waals surface area contributed by atoms with Gasteiger partial charge in [-0.3, -0.25) is 10.1 Å². The van der Waals surface area contributed by atoms with Crippen molar-refractivity contribution in [3.05, 3.63) is 46.4 Å². The maximum Gasteiger partial charge on any atom is 0.338 e. The number of nitrogens with zero attached hydrogens (tertiary/aromatic N) is 2. The Morgan fingerprint density at radius 3 is 2.80 bits per heavy atom. The lowest BCUT2D eigenvalue weighted by atomic mass is 10.1. The summed E-state index contributed by atoms with van der Waals surface area (Å²) in [7, 11) is 1.22. The second-order valence-electron chi connectivity index (χ2n) is 4.55. The minimum absolute atomic E-state index is 0.160. The smallest absolute Gasteiger partial charge is 0.338 e. The molecule has 0 unspecified atom stereocenters. The zero-order valence-corrected chi connectivity index (χ0v) is 14.3. The van der Waals surface area contributed by atoms with E-state index in [9.17, 15) is 14.4 Å². The number of hydrogen-bond acceptors (Lipinski definition) is 8. The number of carbonyl (C=O) groups is 3. The number of amidine groups is 1. The molecule has 0 atom stereocenters. The number of rotatable bonds is 5. The van der Waals surface area contributed by atoms with Crippen LogP contribution in [-0.2, 0) is 19.1 Å². The molecule has 1 aliphatic rings. The monoisotopic (exact) mass is 361 g/mol. The van der Waals surface area contributed by atoms with E-state index >= 15 is 0 Å². The van der Waals surface area contributed by atoms with Gasteiger partial charge in [0.2, 0.25) is 0 Å². The quantitative estimate of drug-likeness (QED) is 0.368. The third kappa shape index (κ3) is 5.01. The molecule has 0 radical (unpaired) electrons. The van der Waals surface area contributed by atoms with Crippen LogP contribution >= 0.6 is 11.8 Å². The first-order chi connectivity index (χ1) is 12.0. The highest BCUT2D eigenvalue weighted by atomic mass is 32.2. The molecule has 0 aliphatic carbocycles. The Morgan fingerprint density at radius 2 is 2.08 bits per heavy atom. The Labute approximate surface area is 148 Å². The summed E-state index contributed by atoms with van der Waals surface area (Å²) >= 11 is 0.960. The van der Waals surface area contributed by atoms with Crippen molar-refractivity contribution in [3.8, 4) is 0 Å². The van der Waals surface area contributed by atoms with Crippen molar-refractivity contribution in [2.24, 2.45) is 10.2 Å². The van der Waals surface area contributed by atoms with Gasteiger partial charge in [0.25, 0.3) is 5.91 Å². The van der Waals surface area contributed by atoms with Crippen LogP contribution in [0, 0.1) is 0 Å². The highest BCUT2D eigenvalue weighted by Gasteiger charge is 2.25. The second-order valence-corrected chi connectivity index (χ2v) is 5.58. The molecule has 0 aromatic heterocycles. The van der Waals surface area contributed by atoms with E-state index in [1.165, 1.54) is 13.3 Å². The molecule has 8 nitrogen and oxygen atoms in total. The average Bonchev–Trinajstić information content (AvgIpc) is 2.95. The number of hydrogen-bond donors (Lipinski definition) is 1. The van der Waals surface area contributed by atoms with Gasteiger partial charge in [-0.05, 0) is 24.8 Å². The van der Waals surface area contributed by atoms with Crippen LogP contribution in [0.25, 0.3) is 0 Å². The molecule has 130 valence electrons. The summed E-state index contributed by atoms with van der Waals surface area (Å²) in [6.07, 6.45) is 2.45. The van der Waals surface area contributed by atoms with Gasteiger partial charge in [0.15, 0.2) is 5.17 Å². The highest BCUT2D eigenvalue weighted by Crippen LogP contribution is 2.23. The van der Waals surface area contributed by atoms with E-state index in [1.807, 2.05) is 0 Å². The Kier molecular flexibility index (Phi) is 6.47. The minimum Gasteiger partial charge on any atom is -0.466 e. The van der Waals surface area contributed by atoms with Crippen LogP contribution in [0.1, 0.15) is 22.8 Å². The lowest BCUT2D eigenvalue weighted by Gasteiger charge is -2.04. The Balaban J connectivity index is 2.13. The molecule has 1 saturated heterocycles.